The van der Waals surface area contributed by atoms with Crippen molar-refractivity contribution in [1.82, 2.24) is 5.32 Å². The van der Waals surface area contributed by atoms with Gasteiger partial charge >= 0.3 is 0 Å². The Bertz CT molecular complexity index is 583. The maximum Gasteiger partial charge on any atom is 0.143 e. The van der Waals surface area contributed by atoms with Crippen LogP contribution in [0.1, 0.15) is 22.9 Å². The Labute approximate surface area is 118 Å². The average Bonchev–Trinajstić information content (AvgIpc) is 2.81. The van der Waals surface area contributed by atoms with Gasteiger partial charge in [-0.25, -0.2) is 8.78 Å². The molecule has 1 heterocycles. The van der Waals surface area contributed by atoms with Crippen molar-refractivity contribution in [2.45, 2.75) is 19.4 Å². The zero-order valence-corrected chi connectivity index (χ0v) is 12.2. The van der Waals surface area contributed by atoms with Gasteiger partial charge in [0.25, 0.3) is 0 Å². The summed E-state index contributed by atoms with van der Waals surface area (Å²) >= 11 is 3.07. The lowest BCUT2D eigenvalue weighted by Crippen LogP contribution is -2.19. The van der Waals surface area contributed by atoms with E-state index in [1.54, 1.807) is 13.3 Å². The summed E-state index contributed by atoms with van der Waals surface area (Å²) in [7, 11) is 1.75. The Balaban J connectivity index is 2.31. The third kappa shape index (κ3) is 3.04. The predicted octanol–water partition coefficient (Wildman–Crippen LogP) is 4.13. The summed E-state index contributed by atoms with van der Waals surface area (Å²) in [5.41, 5.74) is 0.936. The first-order valence-electron chi connectivity index (χ1n) is 5.87. The van der Waals surface area contributed by atoms with E-state index in [9.17, 15) is 8.78 Å². The minimum absolute atomic E-state index is 0.0626. The number of hydrogen-bond acceptors (Lipinski definition) is 2. The molecule has 19 heavy (non-hydrogen) atoms. The summed E-state index contributed by atoms with van der Waals surface area (Å²) in [6.45, 7) is 1.83. The van der Waals surface area contributed by atoms with Crippen LogP contribution in [0, 0.1) is 18.6 Å². The summed E-state index contributed by atoms with van der Waals surface area (Å²) in [6, 6.07) is 4.28. The topological polar surface area (TPSA) is 25.2 Å². The fourth-order valence-electron chi connectivity index (χ4n) is 1.99. The first kappa shape index (κ1) is 14.2. The maximum atomic E-state index is 13.9. The molecule has 0 aliphatic carbocycles. The van der Waals surface area contributed by atoms with Crippen LogP contribution in [0.2, 0.25) is 0 Å². The van der Waals surface area contributed by atoms with Gasteiger partial charge in [0.05, 0.1) is 10.7 Å². The molecule has 102 valence electrons. The summed E-state index contributed by atoms with van der Waals surface area (Å²) in [5.74, 6) is -0.327. The summed E-state index contributed by atoms with van der Waals surface area (Å²) < 4.78 is 33.2. The molecule has 1 aromatic heterocycles. The van der Waals surface area contributed by atoms with Crippen LogP contribution in [0.4, 0.5) is 8.78 Å². The van der Waals surface area contributed by atoms with Gasteiger partial charge in [-0.05, 0) is 54.5 Å². The molecule has 2 aromatic rings. The van der Waals surface area contributed by atoms with Crippen LogP contribution in [0.3, 0.4) is 0 Å². The number of nitrogens with one attached hydrogen (secondary N) is 1. The van der Waals surface area contributed by atoms with Gasteiger partial charge in [-0.1, -0.05) is 0 Å². The first-order valence-corrected chi connectivity index (χ1v) is 6.67. The minimum atomic E-state index is -0.555. The van der Waals surface area contributed by atoms with E-state index in [-0.39, 0.29) is 22.5 Å². The molecule has 0 bridgehead atoms. The molecule has 0 spiro atoms. The van der Waals surface area contributed by atoms with Crippen LogP contribution in [0.25, 0.3) is 0 Å². The highest BCUT2D eigenvalue weighted by Crippen LogP contribution is 2.27. The lowest BCUT2D eigenvalue weighted by molar-refractivity contribution is 0.500. The molecule has 2 rings (SSSR count). The smallest absolute Gasteiger partial charge is 0.143 e. The molecule has 0 fully saturated rings. The van der Waals surface area contributed by atoms with Gasteiger partial charge in [-0.15, -0.1) is 0 Å². The number of rotatable bonds is 4. The van der Waals surface area contributed by atoms with E-state index >= 15 is 0 Å². The second-order valence-electron chi connectivity index (χ2n) is 4.36. The van der Waals surface area contributed by atoms with E-state index in [1.165, 1.54) is 12.1 Å². The van der Waals surface area contributed by atoms with Gasteiger partial charge in [0.1, 0.15) is 17.4 Å². The molecule has 1 unspecified atom stereocenters. The number of halogens is 3. The van der Waals surface area contributed by atoms with E-state index in [0.717, 1.165) is 11.3 Å². The van der Waals surface area contributed by atoms with Gasteiger partial charge in [-0.3, -0.25) is 0 Å². The third-order valence-electron chi connectivity index (χ3n) is 3.05. The highest BCUT2D eigenvalue weighted by molar-refractivity contribution is 9.10. The predicted molar refractivity (Wildman–Crippen MR) is 73.0 cm³/mol. The quantitative estimate of drug-likeness (QED) is 0.853. The van der Waals surface area contributed by atoms with Gasteiger partial charge in [0.2, 0.25) is 0 Å². The SMILES string of the molecule is CNC(Cc1c(F)ccc(Br)c1F)c1coc(C)c1. The van der Waals surface area contributed by atoms with Gasteiger partial charge in [0.15, 0.2) is 0 Å². The number of aryl methyl sites for hydroxylation is 1. The third-order valence-corrected chi connectivity index (χ3v) is 3.66. The van der Waals surface area contributed by atoms with Crippen molar-refractivity contribution in [3.8, 4) is 0 Å². The van der Waals surface area contributed by atoms with Crippen LogP contribution in [-0.4, -0.2) is 7.05 Å². The molecule has 1 aromatic carbocycles. The molecular formula is C14H14BrF2NO. The van der Waals surface area contributed by atoms with Crippen molar-refractivity contribution in [3.63, 3.8) is 0 Å². The zero-order chi connectivity index (χ0) is 14.0. The molecule has 0 saturated carbocycles. The van der Waals surface area contributed by atoms with E-state index in [2.05, 4.69) is 21.2 Å². The summed E-state index contributed by atoms with van der Waals surface area (Å²) in [6.07, 6.45) is 1.82. The Morgan fingerprint density at radius 2 is 2.11 bits per heavy atom. The lowest BCUT2D eigenvalue weighted by atomic mass is 10.00. The molecule has 0 aliphatic heterocycles. The van der Waals surface area contributed by atoms with Crippen molar-refractivity contribution in [3.05, 3.63) is 57.5 Å². The second kappa shape index (κ2) is 5.84. The normalized spacial score (nSPS) is 12.7. The molecule has 0 amide bonds. The molecule has 0 radical (unpaired) electrons. The Kier molecular flexibility index (Phi) is 4.37. The standard InChI is InChI=1S/C14H14BrF2NO/c1-8-5-9(7-19-8)13(18-2)6-10-12(16)4-3-11(15)14(10)17/h3-5,7,13,18H,6H2,1-2H3. The Morgan fingerprint density at radius 3 is 2.68 bits per heavy atom. The van der Waals surface area contributed by atoms with Crippen molar-refractivity contribution in [1.29, 1.82) is 0 Å². The first-order chi connectivity index (χ1) is 9.02. The van der Waals surface area contributed by atoms with Gasteiger partial charge in [0, 0.05) is 17.2 Å². The van der Waals surface area contributed by atoms with E-state index in [0.29, 0.717) is 0 Å². The van der Waals surface area contributed by atoms with Gasteiger partial charge < -0.3 is 9.73 Å². The molecule has 2 nitrogen and oxygen atoms in total. The fraction of sp³-hybridized carbons (Fsp3) is 0.286. The maximum absolute atomic E-state index is 13.9. The Hall–Kier alpha value is -1.20. The van der Waals surface area contributed by atoms with Gasteiger partial charge in [-0.2, -0.15) is 0 Å². The number of likely N-dealkylation sites (N-methyl/N-ethyl adjacent to an activating group) is 1. The lowest BCUT2D eigenvalue weighted by Gasteiger charge is -2.16. The summed E-state index contributed by atoms with van der Waals surface area (Å²) in [4.78, 5) is 0. The molecule has 0 saturated heterocycles. The van der Waals surface area contributed by atoms with Crippen molar-refractivity contribution >= 4 is 15.9 Å². The highest BCUT2D eigenvalue weighted by Gasteiger charge is 2.19. The van der Waals surface area contributed by atoms with Crippen LogP contribution in [-0.2, 0) is 6.42 Å². The largest absolute Gasteiger partial charge is 0.469 e. The molecule has 0 aliphatic rings. The van der Waals surface area contributed by atoms with Crippen LogP contribution in [0.15, 0.2) is 33.4 Å². The van der Waals surface area contributed by atoms with E-state index < -0.39 is 11.6 Å². The molecular weight excluding hydrogens is 316 g/mol. The highest BCUT2D eigenvalue weighted by atomic mass is 79.9. The summed E-state index contributed by atoms with van der Waals surface area (Å²) in [5, 5.41) is 3.05. The van der Waals surface area contributed by atoms with Crippen LogP contribution >= 0.6 is 15.9 Å². The average molecular weight is 330 g/mol. The molecule has 5 heteroatoms. The van der Waals surface area contributed by atoms with E-state index in [1.807, 2.05) is 13.0 Å². The minimum Gasteiger partial charge on any atom is -0.469 e. The molecule has 1 N–H and O–H groups in total. The molecule has 1 atom stereocenters. The fourth-order valence-corrected chi connectivity index (χ4v) is 2.36. The second-order valence-corrected chi connectivity index (χ2v) is 5.21. The van der Waals surface area contributed by atoms with Crippen LogP contribution < -0.4 is 5.32 Å². The van der Waals surface area contributed by atoms with Crippen molar-refractivity contribution in [2.75, 3.05) is 7.05 Å². The number of hydrogen-bond donors (Lipinski definition) is 1. The monoisotopic (exact) mass is 329 g/mol. The number of benzene rings is 1. The van der Waals surface area contributed by atoms with Crippen molar-refractivity contribution in [2.24, 2.45) is 0 Å². The Morgan fingerprint density at radius 1 is 1.37 bits per heavy atom. The zero-order valence-electron chi connectivity index (χ0n) is 10.6. The van der Waals surface area contributed by atoms with Crippen molar-refractivity contribution < 1.29 is 13.2 Å². The van der Waals surface area contributed by atoms with E-state index in [4.69, 9.17) is 4.42 Å². The van der Waals surface area contributed by atoms with Crippen LogP contribution in [0.5, 0.6) is 0 Å². The number of furan rings is 1.